The highest BCUT2D eigenvalue weighted by Gasteiger charge is 2.55. The number of aliphatic hydroxyl groups excluding tert-OH is 2. The van der Waals surface area contributed by atoms with Crippen LogP contribution in [0.1, 0.15) is 92.4 Å². The summed E-state index contributed by atoms with van der Waals surface area (Å²) in [7, 11) is 0. The van der Waals surface area contributed by atoms with E-state index in [9.17, 15) is 15.0 Å². The van der Waals surface area contributed by atoms with Gasteiger partial charge in [-0.1, -0.05) is 51.5 Å². The predicted molar refractivity (Wildman–Crippen MR) is 128 cm³/mol. The van der Waals surface area contributed by atoms with E-state index in [1.165, 1.54) is 11.1 Å². The van der Waals surface area contributed by atoms with Crippen molar-refractivity contribution in [3.8, 4) is 0 Å². The van der Waals surface area contributed by atoms with Crippen molar-refractivity contribution < 1.29 is 15.0 Å². The van der Waals surface area contributed by atoms with Gasteiger partial charge in [0.15, 0.2) is 0 Å². The first kappa shape index (κ1) is 24.7. The largest absolute Gasteiger partial charge is 0.396 e. The van der Waals surface area contributed by atoms with Crippen molar-refractivity contribution in [1.29, 1.82) is 0 Å². The molecule has 7 atom stereocenters. The summed E-state index contributed by atoms with van der Waals surface area (Å²) < 4.78 is 0. The Labute approximate surface area is 190 Å². The summed E-state index contributed by atoms with van der Waals surface area (Å²) in [6.45, 7) is 15.8. The Kier molecular flexibility index (Phi) is 7.58. The number of hydrogen-bond donors (Lipinski definition) is 2. The van der Waals surface area contributed by atoms with Crippen molar-refractivity contribution in [3.63, 3.8) is 0 Å². The van der Waals surface area contributed by atoms with Gasteiger partial charge in [-0.05, 0) is 93.8 Å². The van der Waals surface area contributed by atoms with Gasteiger partial charge in [-0.25, -0.2) is 0 Å². The van der Waals surface area contributed by atoms with Crippen LogP contribution in [0.3, 0.4) is 0 Å². The third-order valence-electron chi connectivity index (χ3n) is 9.68. The molecule has 0 aromatic carbocycles. The lowest BCUT2D eigenvalue weighted by atomic mass is 9.56. The van der Waals surface area contributed by atoms with Gasteiger partial charge in [0, 0.05) is 17.9 Å². The Balaban J connectivity index is 1.80. The second-order valence-electron chi connectivity index (χ2n) is 11.8. The summed E-state index contributed by atoms with van der Waals surface area (Å²) in [6.07, 6.45) is 10.2. The summed E-state index contributed by atoms with van der Waals surface area (Å²) in [6, 6.07) is 0. The Bertz CT molecular complexity index is 707. The minimum atomic E-state index is -0.388. The van der Waals surface area contributed by atoms with Crippen LogP contribution in [0, 0.1) is 40.4 Å². The van der Waals surface area contributed by atoms with E-state index in [-0.39, 0.29) is 29.5 Å². The fourth-order valence-corrected chi connectivity index (χ4v) is 7.32. The van der Waals surface area contributed by atoms with Crippen molar-refractivity contribution >= 4 is 5.78 Å². The SMILES string of the molecule is C=C(CC[C@@H](C)C1CCC([C@H]2CC=C3C[C@@H](O)CC[C@]3(C)C2=O)[C@]1(C)CCO)C(C)C. The average molecular weight is 431 g/mol. The average Bonchev–Trinajstić information content (AvgIpc) is 3.04. The summed E-state index contributed by atoms with van der Waals surface area (Å²) in [5, 5.41) is 20.1. The molecule has 0 bridgehead atoms. The second kappa shape index (κ2) is 9.51. The molecule has 3 heteroatoms. The number of hydrogen-bond acceptors (Lipinski definition) is 3. The molecule has 0 saturated heterocycles. The van der Waals surface area contributed by atoms with Gasteiger partial charge in [0.25, 0.3) is 0 Å². The molecule has 3 aliphatic rings. The van der Waals surface area contributed by atoms with E-state index in [1.54, 1.807) is 0 Å². The third kappa shape index (κ3) is 4.60. The van der Waals surface area contributed by atoms with Crippen molar-refractivity contribution in [1.82, 2.24) is 0 Å². The molecule has 2 unspecified atom stereocenters. The summed E-state index contributed by atoms with van der Waals surface area (Å²) >= 11 is 0. The van der Waals surface area contributed by atoms with Crippen LogP contribution < -0.4 is 0 Å². The lowest BCUT2D eigenvalue weighted by molar-refractivity contribution is -0.136. The molecular weight excluding hydrogens is 384 g/mol. The maximum Gasteiger partial charge on any atom is 0.146 e. The van der Waals surface area contributed by atoms with Gasteiger partial charge in [0.1, 0.15) is 5.78 Å². The quantitative estimate of drug-likeness (QED) is 0.458. The molecule has 0 spiro atoms. The number of ketones is 1. The standard InChI is InChI=1S/C28H46O3/c1-18(2)19(3)7-8-20(4)24-11-12-25(28(24,6)15-16-29)23-10-9-21-17-22(30)13-14-27(21,5)26(23)31/h9,18,20,22-25,29-30H,3,7-8,10-17H2,1-2,4-6H3/t20-,22+,23-,24?,25?,27+,28-/m1/s1. The molecule has 3 rings (SSSR count). The van der Waals surface area contributed by atoms with Crippen molar-refractivity contribution in [2.24, 2.45) is 40.4 Å². The Hall–Kier alpha value is -0.930. The summed E-state index contributed by atoms with van der Waals surface area (Å²) in [4.78, 5) is 13.8. The van der Waals surface area contributed by atoms with E-state index >= 15 is 0 Å². The minimum absolute atomic E-state index is 0.00351. The van der Waals surface area contributed by atoms with Gasteiger partial charge >= 0.3 is 0 Å². The number of carbonyl (C=O) groups excluding carboxylic acids is 1. The molecule has 0 aliphatic heterocycles. The van der Waals surface area contributed by atoms with E-state index < -0.39 is 0 Å². The molecule has 0 aromatic heterocycles. The Morgan fingerprint density at radius 1 is 1.23 bits per heavy atom. The van der Waals surface area contributed by atoms with Crippen molar-refractivity contribution in [3.05, 3.63) is 23.8 Å². The van der Waals surface area contributed by atoms with Crippen LogP contribution in [-0.2, 0) is 4.79 Å². The highest BCUT2D eigenvalue weighted by atomic mass is 16.3. The Morgan fingerprint density at radius 3 is 2.58 bits per heavy atom. The maximum atomic E-state index is 13.8. The van der Waals surface area contributed by atoms with E-state index in [2.05, 4.69) is 47.3 Å². The first-order valence-corrected chi connectivity index (χ1v) is 12.7. The molecule has 0 radical (unpaired) electrons. The van der Waals surface area contributed by atoms with Gasteiger partial charge in [-0.15, -0.1) is 0 Å². The van der Waals surface area contributed by atoms with E-state index in [0.717, 1.165) is 51.4 Å². The zero-order valence-electron chi connectivity index (χ0n) is 20.6. The lowest BCUT2D eigenvalue weighted by Gasteiger charge is -2.48. The van der Waals surface area contributed by atoms with Crippen LogP contribution in [0.2, 0.25) is 0 Å². The number of allylic oxidation sites excluding steroid dienone is 2. The van der Waals surface area contributed by atoms with E-state index in [1.807, 2.05) is 0 Å². The van der Waals surface area contributed by atoms with Crippen LogP contribution >= 0.6 is 0 Å². The number of rotatable bonds is 8. The van der Waals surface area contributed by atoms with Crippen LogP contribution in [0.15, 0.2) is 23.8 Å². The summed E-state index contributed by atoms with van der Waals surface area (Å²) in [5.41, 5.74) is 2.12. The van der Waals surface area contributed by atoms with Crippen LogP contribution in [-0.4, -0.2) is 28.7 Å². The molecule has 0 aromatic rings. The fourth-order valence-electron chi connectivity index (χ4n) is 7.32. The van der Waals surface area contributed by atoms with E-state index in [0.29, 0.717) is 35.9 Å². The third-order valence-corrected chi connectivity index (χ3v) is 9.68. The van der Waals surface area contributed by atoms with Crippen molar-refractivity contribution in [2.45, 2.75) is 98.5 Å². The van der Waals surface area contributed by atoms with Gasteiger partial charge < -0.3 is 10.2 Å². The number of Topliss-reactive ketones (excluding diaryl/α,β-unsaturated/α-hetero) is 1. The van der Waals surface area contributed by atoms with Gasteiger partial charge in [-0.2, -0.15) is 0 Å². The topological polar surface area (TPSA) is 57.5 Å². The van der Waals surface area contributed by atoms with E-state index in [4.69, 9.17) is 0 Å². The second-order valence-corrected chi connectivity index (χ2v) is 11.8. The van der Waals surface area contributed by atoms with Gasteiger partial charge in [-0.3, -0.25) is 4.79 Å². The molecule has 176 valence electrons. The normalized spacial score (nSPS) is 39.4. The van der Waals surface area contributed by atoms with Gasteiger partial charge in [0.2, 0.25) is 0 Å². The first-order chi connectivity index (χ1) is 14.5. The number of fused-ring (bicyclic) bond motifs is 1. The molecule has 0 amide bonds. The zero-order chi connectivity index (χ0) is 23.0. The molecule has 3 aliphatic carbocycles. The highest BCUT2D eigenvalue weighted by Crippen LogP contribution is 2.59. The minimum Gasteiger partial charge on any atom is -0.396 e. The predicted octanol–water partition coefficient (Wildman–Crippen LogP) is 6.10. The molecule has 31 heavy (non-hydrogen) atoms. The highest BCUT2D eigenvalue weighted by molar-refractivity contribution is 5.91. The molecule has 2 N–H and O–H groups in total. The monoisotopic (exact) mass is 430 g/mol. The number of aliphatic hydroxyl groups is 2. The number of carbonyl (C=O) groups is 1. The fraction of sp³-hybridized carbons (Fsp3) is 0.821. The van der Waals surface area contributed by atoms with Crippen LogP contribution in [0.5, 0.6) is 0 Å². The van der Waals surface area contributed by atoms with Crippen LogP contribution in [0.4, 0.5) is 0 Å². The first-order valence-electron chi connectivity index (χ1n) is 12.7. The van der Waals surface area contributed by atoms with Crippen LogP contribution in [0.25, 0.3) is 0 Å². The molecule has 2 fully saturated rings. The smallest absolute Gasteiger partial charge is 0.146 e. The summed E-state index contributed by atoms with van der Waals surface area (Å²) in [5.74, 6) is 2.46. The molecular formula is C28H46O3. The maximum absolute atomic E-state index is 13.8. The molecule has 3 nitrogen and oxygen atoms in total. The Morgan fingerprint density at radius 2 is 1.94 bits per heavy atom. The molecule has 2 saturated carbocycles. The lowest BCUT2D eigenvalue weighted by Crippen LogP contribution is -2.47. The zero-order valence-corrected chi connectivity index (χ0v) is 20.6. The molecule has 0 heterocycles. The van der Waals surface area contributed by atoms with Gasteiger partial charge in [0.05, 0.1) is 6.10 Å². The van der Waals surface area contributed by atoms with Crippen molar-refractivity contribution in [2.75, 3.05) is 6.61 Å².